The summed E-state index contributed by atoms with van der Waals surface area (Å²) in [4.78, 5) is 20.5. The highest BCUT2D eigenvalue weighted by molar-refractivity contribution is 6.21. The summed E-state index contributed by atoms with van der Waals surface area (Å²) < 4.78 is 0. The third-order valence-corrected chi connectivity index (χ3v) is 10.1. The first-order valence-corrected chi connectivity index (χ1v) is 18.1. The SMILES string of the molecule is c1ccc(-c2cc(-c3cccc(-c4ccc5nc(-c6ccccc6)c6c7ccc(-c8ccccc8)nc7ccc6c5c4)c3)nc(-c3ccccc3)n2)cc1. The molecule has 0 radical (unpaired) electrons. The summed E-state index contributed by atoms with van der Waals surface area (Å²) in [6, 6.07) is 67.3. The van der Waals surface area contributed by atoms with E-state index in [4.69, 9.17) is 19.9 Å². The van der Waals surface area contributed by atoms with E-state index in [1.54, 1.807) is 0 Å². The Morgan fingerprint density at radius 3 is 1.48 bits per heavy atom. The van der Waals surface area contributed by atoms with Gasteiger partial charge >= 0.3 is 0 Å². The maximum atomic E-state index is 5.34. The summed E-state index contributed by atoms with van der Waals surface area (Å²) in [5, 5.41) is 4.43. The number of hydrogen-bond donors (Lipinski definition) is 0. The van der Waals surface area contributed by atoms with Crippen molar-refractivity contribution in [2.75, 3.05) is 0 Å². The lowest BCUT2D eigenvalue weighted by Gasteiger charge is -2.14. The van der Waals surface area contributed by atoms with Crippen molar-refractivity contribution in [1.82, 2.24) is 19.9 Å². The van der Waals surface area contributed by atoms with Gasteiger partial charge in [-0.05, 0) is 59.0 Å². The second-order valence-corrected chi connectivity index (χ2v) is 13.5. The Hall–Kier alpha value is -7.30. The molecule has 3 aromatic heterocycles. The molecule has 0 unspecified atom stereocenters. The van der Waals surface area contributed by atoms with E-state index in [-0.39, 0.29) is 0 Å². The molecule has 0 aliphatic heterocycles. The van der Waals surface area contributed by atoms with E-state index in [0.717, 1.165) is 94.3 Å². The van der Waals surface area contributed by atoms with Gasteiger partial charge in [0.25, 0.3) is 0 Å². The maximum Gasteiger partial charge on any atom is 0.160 e. The number of hydrogen-bond acceptors (Lipinski definition) is 4. The highest BCUT2D eigenvalue weighted by atomic mass is 14.9. The van der Waals surface area contributed by atoms with Crippen molar-refractivity contribution in [3.8, 4) is 67.5 Å². The first kappa shape index (κ1) is 31.4. The molecule has 0 spiro atoms. The minimum Gasteiger partial charge on any atom is -0.248 e. The fraction of sp³-hybridized carbons (Fsp3) is 0. The van der Waals surface area contributed by atoms with Gasteiger partial charge in [0, 0.05) is 44.0 Å². The monoisotopic (exact) mass is 688 g/mol. The van der Waals surface area contributed by atoms with Gasteiger partial charge in [-0.1, -0.05) is 152 Å². The predicted octanol–water partition coefficient (Wildman–Crippen LogP) is 12.7. The van der Waals surface area contributed by atoms with Crippen molar-refractivity contribution < 1.29 is 0 Å². The highest BCUT2D eigenvalue weighted by Crippen LogP contribution is 2.39. The van der Waals surface area contributed by atoms with Gasteiger partial charge in [0.2, 0.25) is 0 Å². The van der Waals surface area contributed by atoms with Crippen molar-refractivity contribution in [2.45, 2.75) is 0 Å². The van der Waals surface area contributed by atoms with Gasteiger partial charge in [-0.3, -0.25) is 0 Å². The van der Waals surface area contributed by atoms with Crippen LogP contribution in [0.2, 0.25) is 0 Å². The Morgan fingerprint density at radius 2 is 0.778 bits per heavy atom. The zero-order valence-electron chi connectivity index (χ0n) is 29.3. The molecule has 0 atom stereocenters. The second kappa shape index (κ2) is 13.4. The molecule has 252 valence electrons. The summed E-state index contributed by atoms with van der Waals surface area (Å²) in [7, 11) is 0. The minimum absolute atomic E-state index is 0.701. The molecule has 0 amide bonds. The van der Waals surface area contributed by atoms with Crippen LogP contribution in [0.15, 0.2) is 194 Å². The zero-order valence-corrected chi connectivity index (χ0v) is 29.3. The highest BCUT2D eigenvalue weighted by Gasteiger charge is 2.16. The minimum atomic E-state index is 0.701. The van der Waals surface area contributed by atoms with E-state index in [1.165, 1.54) is 0 Å². The fourth-order valence-corrected chi connectivity index (χ4v) is 7.39. The summed E-state index contributed by atoms with van der Waals surface area (Å²) in [6.45, 7) is 0. The molecule has 7 aromatic carbocycles. The molecule has 0 aliphatic carbocycles. The molecule has 10 rings (SSSR count). The van der Waals surface area contributed by atoms with Crippen LogP contribution in [-0.2, 0) is 0 Å². The Bertz CT molecular complexity index is 2910. The Labute approximate surface area is 313 Å². The van der Waals surface area contributed by atoms with Crippen LogP contribution in [0.3, 0.4) is 0 Å². The molecule has 10 aromatic rings. The lowest BCUT2D eigenvalue weighted by Crippen LogP contribution is -1.96. The van der Waals surface area contributed by atoms with E-state index in [0.29, 0.717) is 5.82 Å². The van der Waals surface area contributed by atoms with Crippen LogP contribution in [-0.4, -0.2) is 19.9 Å². The van der Waals surface area contributed by atoms with Crippen molar-refractivity contribution >= 4 is 32.6 Å². The van der Waals surface area contributed by atoms with Crippen LogP contribution >= 0.6 is 0 Å². The molecule has 4 heteroatoms. The third kappa shape index (κ3) is 5.76. The van der Waals surface area contributed by atoms with Crippen LogP contribution in [0.1, 0.15) is 0 Å². The lowest BCUT2D eigenvalue weighted by atomic mass is 9.94. The zero-order chi connectivity index (χ0) is 35.8. The van der Waals surface area contributed by atoms with Crippen LogP contribution in [0.25, 0.3) is 100 Å². The predicted molar refractivity (Wildman–Crippen MR) is 223 cm³/mol. The number of rotatable bonds is 6. The molecule has 0 saturated heterocycles. The number of benzene rings is 7. The molecule has 0 N–H and O–H groups in total. The average molecular weight is 689 g/mol. The lowest BCUT2D eigenvalue weighted by molar-refractivity contribution is 1.18. The average Bonchev–Trinajstić information content (AvgIpc) is 3.26. The Balaban J connectivity index is 1.13. The molecule has 54 heavy (non-hydrogen) atoms. The first-order valence-electron chi connectivity index (χ1n) is 18.1. The standard InChI is InChI=1S/C50H32N4/c1-5-14-33(15-6-1)43-28-26-41-44(51-43)29-25-40-42-31-38(24-27-45(42)52-49(48(40)41)35-18-9-3-10-19-35)37-22-13-23-39(30-37)47-32-46(34-16-7-2-8-17-34)53-50(54-47)36-20-11-4-12-21-36/h1-32H. The summed E-state index contributed by atoms with van der Waals surface area (Å²) in [6.07, 6.45) is 0. The Kier molecular flexibility index (Phi) is 7.77. The molecular weight excluding hydrogens is 657 g/mol. The van der Waals surface area contributed by atoms with E-state index in [1.807, 2.05) is 48.5 Å². The van der Waals surface area contributed by atoms with Crippen LogP contribution in [0, 0.1) is 0 Å². The smallest absolute Gasteiger partial charge is 0.160 e. The van der Waals surface area contributed by atoms with Crippen molar-refractivity contribution in [3.63, 3.8) is 0 Å². The van der Waals surface area contributed by atoms with Gasteiger partial charge in [0.1, 0.15) is 0 Å². The van der Waals surface area contributed by atoms with Crippen LogP contribution in [0.4, 0.5) is 0 Å². The van der Waals surface area contributed by atoms with Crippen molar-refractivity contribution in [1.29, 1.82) is 0 Å². The summed E-state index contributed by atoms with van der Waals surface area (Å²) in [5.41, 5.74) is 13.0. The van der Waals surface area contributed by atoms with Crippen LogP contribution < -0.4 is 0 Å². The maximum absolute atomic E-state index is 5.34. The van der Waals surface area contributed by atoms with Gasteiger partial charge in [0.15, 0.2) is 5.82 Å². The molecule has 0 saturated carbocycles. The topological polar surface area (TPSA) is 51.6 Å². The van der Waals surface area contributed by atoms with Gasteiger partial charge in [0.05, 0.1) is 33.8 Å². The van der Waals surface area contributed by atoms with E-state index < -0.39 is 0 Å². The van der Waals surface area contributed by atoms with E-state index >= 15 is 0 Å². The molecule has 3 heterocycles. The number of pyridine rings is 2. The second-order valence-electron chi connectivity index (χ2n) is 13.5. The first-order chi connectivity index (χ1) is 26.7. The molecule has 4 nitrogen and oxygen atoms in total. The van der Waals surface area contributed by atoms with Crippen molar-refractivity contribution in [3.05, 3.63) is 194 Å². The summed E-state index contributed by atoms with van der Waals surface area (Å²) in [5.74, 6) is 0.701. The molecule has 0 fully saturated rings. The fourth-order valence-electron chi connectivity index (χ4n) is 7.39. The number of aromatic nitrogens is 4. The van der Waals surface area contributed by atoms with Gasteiger partial charge in [-0.15, -0.1) is 0 Å². The third-order valence-electron chi connectivity index (χ3n) is 10.1. The van der Waals surface area contributed by atoms with E-state index in [2.05, 4.69) is 146 Å². The number of fused-ring (bicyclic) bond motifs is 5. The quantitative estimate of drug-likeness (QED) is 0.163. The molecule has 0 aliphatic rings. The normalized spacial score (nSPS) is 11.3. The van der Waals surface area contributed by atoms with Gasteiger partial charge in [-0.2, -0.15) is 0 Å². The Morgan fingerprint density at radius 1 is 0.259 bits per heavy atom. The van der Waals surface area contributed by atoms with Crippen LogP contribution in [0.5, 0.6) is 0 Å². The van der Waals surface area contributed by atoms with Gasteiger partial charge in [-0.25, -0.2) is 19.9 Å². The van der Waals surface area contributed by atoms with Gasteiger partial charge < -0.3 is 0 Å². The molecule has 0 bridgehead atoms. The molecular formula is C50H32N4. The van der Waals surface area contributed by atoms with Crippen molar-refractivity contribution in [2.24, 2.45) is 0 Å². The largest absolute Gasteiger partial charge is 0.248 e. The van der Waals surface area contributed by atoms with E-state index in [9.17, 15) is 0 Å². The summed E-state index contributed by atoms with van der Waals surface area (Å²) >= 11 is 0. The number of nitrogens with zero attached hydrogens (tertiary/aromatic N) is 4.